The van der Waals surface area contributed by atoms with E-state index in [0.717, 1.165) is 58.6 Å². The molecule has 4 unspecified atom stereocenters. The number of aliphatic hydroxyl groups excluding tert-OH is 5. The predicted molar refractivity (Wildman–Crippen MR) is 197 cm³/mol. The molecule has 12 nitrogen and oxygen atoms in total. The van der Waals surface area contributed by atoms with Gasteiger partial charge in [-0.3, -0.25) is 14.6 Å². The van der Waals surface area contributed by atoms with Crippen LogP contribution >= 0.6 is 23.4 Å². The first kappa shape index (κ1) is 39.9. The van der Waals surface area contributed by atoms with Crippen LogP contribution in [0.3, 0.4) is 0 Å². The quantitative estimate of drug-likeness (QED) is 0.0692. The van der Waals surface area contributed by atoms with Crippen molar-refractivity contribution in [3.05, 3.63) is 77.1 Å². The van der Waals surface area contributed by atoms with Gasteiger partial charge in [-0.25, -0.2) is 0 Å². The summed E-state index contributed by atoms with van der Waals surface area (Å²) in [5.74, 6) is 0.442. The molecule has 2 amide bonds. The number of carbonyl (C=O) groups is 2. The van der Waals surface area contributed by atoms with Crippen LogP contribution in [0.4, 0.5) is 0 Å². The molecule has 0 saturated heterocycles. The number of pyridine rings is 1. The number of thioether (sulfide) groups is 1. The number of para-hydroxylation sites is 1. The average Bonchev–Trinajstić information content (AvgIpc) is 4.10. The molecule has 2 fully saturated rings. The zero-order valence-electron chi connectivity index (χ0n) is 29.2. The van der Waals surface area contributed by atoms with Crippen molar-refractivity contribution >= 4 is 35.2 Å². The summed E-state index contributed by atoms with van der Waals surface area (Å²) >= 11 is 8.26. The van der Waals surface area contributed by atoms with Crippen LogP contribution in [0.2, 0.25) is 5.02 Å². The van der Waals surface area contributed by atoms with E-state index >= 15 is 0 Å². The van der Waals surface area contributed by atoms with Crippen LogP contribution in [0.25, 0.3) is 11.1 Å². The number of nitrogens with one attached hydrogen (secondary N) is 1. The van der Waals surface area contributed by atoms with Crippen LogP contribution in [-0.2, 0) is 26.5 Å². The van der Waals surface area contributed by atoms with Crippen molar-refractivity contribution in [2.75, 3.05) is 32.0 Å². The Morgan fingerprint density at radius 3 is 2.52 bits per heavy atom. The number of ether oxygens (including phenoxy) is 2. The van der Waals surface area contributed by atoms with Crippen molar-refractivity contribution in [1.82, 2.24) is 15.2 Å². The monoisotopic (exact) mass is 757 g/mol. The minimum Gasteiger partial charge on any atom is -0.490 e. The Bertz CT molecular complexity index is 1660. The number of carbonyl (C=O) groups excluding carboxylic acids is 2. The summed E-state index contributed by atoms with van der Waals surface area (Å²) < 4.78 is 12.9. The summed E-state index contributed by atoms with van der Waals surface area (Å²) in [5, 5.41) is 52.5. The highest BCUT2D eigenvalue weighted by Gasteiger charge is 2.48. The molecule has 2 aliphatic carbocycles. The van der Waals surface area contributed by atoms with Gasteiger partial charge in [-0.2, -0.15) is 0 Å². The van der Waals surface area contributed by atoms with Crippen molar-refractivity contribution in [3.8, 4) is 16.9 Å². The molecule has 14 heteroatoms. The number of amides is 2. The fourth-order valence-electron chi connectivity index (χ4n) is 5.87. The third-order valence-electron chi connectivity index (χ3n) is 9.20. The maximum Gasteiger partial charge on any atom is 0.254 e. The second kappa shape index (κ2) is 18.7. The highest BCUT2D eigenvalue weighted by molar-refractivity contribution is 7.99. The molecule has 52 heavy (non-hydrogen) atoms. The highest BCUT2D eigenvalue weighted by Crippen LogP contribution is 2.53. The number of benzene rings is 2. The largest absolute Gasteiger partial charge is 0.490 e. The van der Waals surface area contributed by atoms with E-state index in [1.54, 1.807) is 18.0 Å². The van der Waals surface area contributed by atoms with Gasteiger partial charge in [-0.15, -0.1) is 11.8 Å². The lowest BCUT2D eigenvalue weighted by molar-refractivity contribution is -0.158. The summed E-state index contributed by atoms with van der Waals surface area (Å²) in [7, 11) is 0. The number of hydrogen-bond donors (Lipinski definition) is 6. The summed E-state index contributed by atoms with van der Waals surface area (Å²) in [6, 6.07) is 16.0. The average molecular weight is 758 g/mol. The van der Waals surface area contributed by atoms with Crippen molar-refractivity contribution in [3.63, 3.8) is 0 Å². The SMILES string of the molecule is CC(=O)NCCN(CCCCSc1ccc(Cl)c(COC2(c3cnccc3-c3ccccc3OC3CC3)CC2)c1)C(=O)C(O)C(O)C(O)C(O)CO. The number of nitrogens with zero attached hydrogens (tertiary/aromatic N) is 2. The van der Waals surface area contributed by atoms with Crippen molar-refractivity contribution < 1.29 is 44.6 Å². The van der Waals surface area contributed by atoms with E-state index in [1.165, 1.54) is 11.8 Å². The molecule has 1 aromatic heterocycles. The van der Waals surface area contributed by atoms with Gasteiger partial charge in [0.2, 0.25) is 5.91 Å². The Morgan fingerprint density at radius 2 is 1.81 bits per heavy atom. The maximum atomic E-state index is 13.0. The van der Waals surface area contributed by atoms with Gasteiger partial charge in [-0.1, -0.05) is 29.8 Å². The fraction of sp³-hybridized carbons (Fsp3) is 0.500. The van der Waals surface area contributed by atoms with Crippen LogP contribution in [-0.4, -0.2) is 110 Å². The minimum absolute atomic E-state index is 0.0668. The van der Waals surface area contributed by atoms with Gasteiger partial charge in [0.1, 0.15) is 24.1 Å². The smallest absolute Gasteiger partial charge is 0.254 e. The number of unbranched alkanes of at least 4 members (excludes halogenated alkanes) is 1. The van der Waals surface area contributed by atoms with Gasteiger partial charge in [-0.05, 0) is 85.7 Å². The van der Waals surface area contributed by atoms with E-state index in [-0.39, 0.29) is 31.6 Å². The number of aromatic nitrogens is 1. The Morgan fingerprint density at radius 1 is 1.04 bits per heavy atom. The first-order valence-corrected chi connectivity index (χ1v) is 19.0. The molecule has 0 aliphatic heterocycles. The molecule has 4 atom stereocenters. The van der Waals surface area contributed by atoms with E-state index < -0.39 is 42.5 Å². The molecule has 282 valence electrons. The molecule has 3 aromatic rings. The predicted octanol–water partition coefficient (Wildman–Crippen LogP) is 3.42. The fourth-order valence-corrected chi connectivity index (χ4v) is 7.02. The summed E-state index contributed by atoms with van der Waals surface area (Å²) in [4.78, 5) is 31.1. The topological polar surface area (TPSA) is 182 Å². The molecule has 1 heterocycles. The van der Waals surface area contributed by atoms with E-state index in [9.17, 15) is 30.0 Å². The third-order valence-corrected chi connectivity index (χ3v) is 10.6. The third kappa shape index (κ3) is 10.7. The Kier molecular flexibility index (Phi) is 14.3. The Labute approximate surface area is 313 Å². The van der Waals surface area contributed by atoms with Crippen LogP contribution in [0.1, 0.15) is 56.6 Å². The zero-order chi connectivity index (χ0) is 37.3. The molecule has 2 aliphatic rings. The summed E-state index contributed by atoms with van der Waals surface area (Å²) in [6.07, 6.45) is 1.42. The van der Waals surface area contributed by atoms with E-state index in [0.29, 0.717) is 30.2 Å². The molecular formula is C38H48ClN3O9S. The molecule has 2 aromatic carbocycles. The molecule has 5 rings (SSSR count). The number of rotatable bonds is 21. The lowest BCUT2D eigenvalue weighted by Crippen LogP contribution is -2.53. The molecular weight excluding hydrogens is 710 g/mol. The van der Waals surface area contributed by atoms with Gasteiger partial charge in [0.05, 0.1) is 24.9 Å². The first-order chi connectivity index (χ1) is 25.0. The van der Waals surface area contributed by atoms with Gasteiger partial charge in [0.15, 0.2) is 6.10 Å². The van der Waals surface area contributed by atoms with E-state index in [2.05, 4.69) is 16.4 Å². The molecule has 0 bridgehead atoms. The summed E-state index contributed by atoms with van der Waals surface area (Å²) in [6.45, 7) is 1.22. The normalized spacial score (nSPS) is 17.1. The van der Waals surface area contributed by atoms with Crippen LogP contribution in [0, 0.1) is 0 Å². The van der Waals surface area contributed by atoms with Crippen LogP contribution in [0.15, 0.2) is 65.8 Å². The number of aliphatic hydroxyl groups is 5. The maximum absolute atomic E-state index is 13.0. The second-order valence-corrected chi connectivity index (χ2v) is 14.9. The first-order valence-electron chi connectivity index (χ1n) is 17.6. The van der Waals surface area contributed by atoms with E-state index in [4.69, 9.17) is 26.2 Å². The minimum atomic E-state index is -2.03. The van der Waals surface area contributed by atoms with Crippen molar-refractivity contribution in [2.24, 2.45) is 0 Å². The number of hydrogen-bond acceptors (Lipinski definition) is 11. The highest BCUT2D eigenvalue weighted by atomic mass is 35.5. The van der Waals surface area contributed by atoms with Crippen LogP contribution < -0.4 is 10.1 Å². The lowest BCUT2D eigenvalue weighted by Gasteiger charge is -2.30. The molecule has 0 radical (unpaired) electrons. The van der Waals surface area contributed by atoms with Crippen molar-refractivity contribution in [1.29, 1.82) is 0 Å². The van der Waals surface area contributed by atoms with Gasteiger partial charge in [0, 0.05) is 60.0 Å². The van der Waals surface area contributed by atoms with Gasteiger partial charge < -0.3 is 45.2 Å². The lowest BCUT2D eigenvalue weighted by atomic mass is 9.96. The van der Waals surface area contributed by atoms with Gasteiger partial charge >= 0.3 is 0 Å². The molecule has 0 spiro atoms. The van der Waals surface area contributed by atoms with Gasteiger partial charge in [0.25, 0.3) is 5.91 Å². The Balaban J connectivity index is 1.16. The van der Waals surface area contributed by atoms with E-state index in [1.807, 2.05) is 48.7 Å². The molecule has 6 N–H and O–H groups in total. The summed E-state index contributed by atoms with van der Waals surface area (Å²) in [5.41, 5.74) is 3.53. The number of halogens is 1. The van der Waals surface area contributed by atoms with Crippen LogP contribution in [0.5, 0.6) is 5.75 Å². The zero-order valence-corrected chi connectivity index (χ0v) is 30.8. The van der Waals surface area contributed by atoms with Crippen molar-refractivity contribution in [2.45, 2.75) is 93.1 Å². The standard InChI is InChI=1S/C38H48ClN3O9S/c1-24(44)41-16-18-42(37(49)36(48)35(47)34(46)32(45)22-43)17-4-5-19-52-27-10-11-31(39)25(20-27)23-50-38(13-14-38)30-21-40-15-12-28(30)29-6-2-3-7-33(29)51-26-8-9-26/h2-3,6-7,10-12,15,20-21,26,32,34-36,43,45-48H,4-5,8-9,13-14,16-19,22-23H2,1H3,(H,41,44). The second-order valence-electron chi connectivity index (χ2n) is 13.3. The molecule has 2 saturated carbocycles. The Hall–Kier alpha value is -3.27.